The molecule has 0 aliphatic rings. The fraction of sp³-hybridized carbons (Fsp3) is 0.500. The number of sulfonamides is 1. The molecule has 19 heavy (non-hydrogen) atoms. The first-order valence-corrected chi connectivity index (χ1v) is 7.49. The Labute approximate surface area is 112 Å². The number of hydrogen-bond acceptors (Lipinski definition) is 4. The van der Waals surface area contributed by atoms with Crippen LogP contribution in [-0.2, 0) is 10.0 Å². The molecule has 1 rings (SSSR count). The first kappa shape index (κ1) is 15.9. The Balaban J connectivity index is 2.90. The molecular weight excluding hydrogens is 271 g/mol. The molecule has 4 N–H and O–H groups in total. The van der Waals surface area contributed by atoms with Crippen molar-refractivity contribution in [2.45, 2.75) is 37.2 Å². The predicted octanol–water partition coefficient (Wildman–Crippen LogP) is 1.24. The quantitative estimate of drug-likeness (QED) is 0.687. The number of hydrogen-bond donors (Lipinski definition) is 3. The van der Waals surface area contributed by atoms with Gasteiger partial charge in [0.15, 0.2) is 0 Å². The molecule has 1 aromatic carbocycles. The maximum atomic E-state index is 13.0. The van der Waals surface area contributed by atoms with Crippen LogP contribution in [0, 0.1) is 5.82 Å². The van der Waals surface area contributed by atoms with E-state index in [9.17, 15) is 17.9 Å². The van der Waals surface area contributed by atoms with Gasteiger partial charge in [-0.15, -0.1) is 0 Å². The number of anilines is 1. The molecule has 0 atom stereocenters. The summed E-state index contributed by atoms with van der Waals surface area (Å²) in [7, 11) is -3.81. The summed E-state index contributed by atoms with van der Waals surface area (Å²) < 4.78 is 39.2. The summed E-state index contributed by atoms with van der Waals surface area (Å²) in [4.78, 5) is -0.124. The number of halogens is 1. The van der Waals surface area contributed by atoms with Crippen molar-refractivity contribution in [3.05, 3.63) is 24.0 Å². The summed E-state index contributed by atoms with van der Waals surface area (Å²) in [5.74, 6) is -0.669. The zero-order valence-electron chi connectivity index (χ0n) is 11.0. The van der Waals surface area contributed by atoms with Gasteiger partial charge in [0.2, 0.25) is 10.0 Å². The molecule has 0 unspecified atom stereocenters. The first-order valence-electron chi connectivity index (χ1n) is 6.01. The molecule has 0 radical (unpaired) electrons. The molecule has 0 aliphatic carbocycles. The number of aliphatic hydroxyl groups is 1. The minimum absolute atomic E-state index is 0.0976. The van der Waals surface area contributed by atoms with Gasteiger partial charge in [-0.2, -0.15) is 0 Å². The lowest BCUT2D eigenvalue weighted by Gasteiger charge is -2.25. The lowest BCUT2D eigenvalue weighted by Crippen LogP contribution is -2.41. The molecule has 5 nitrogen and oxygen atoms in total. The van der Waals surface area contributed by atoms with Crippen LogP contribution in [0.25, 0.3) is 0 Å². The standard InChI is InChI=1S/C12H19FN2O3S/c1-3-12(16,4-2)8-15-19(17,18)9-5-6-10(13)11(14)7-9/h5-7,15-16H,3-4,8,14H2,1-2H3. The Morgan fingerprint density at radius 3 is 2.42 bits per heavy atom. The molecule has 0 heterocycles. The van der Waals surface area contributed by atoms with Crippen LogP contribution in [0.3, 0.4) is 0 Å². The molecule has 0 saturated carbocycles. The van der Waals surface area contributed by atoms with Gasteiger partial charge in [0.25, 0.3) is 0 Å². The van der Waals surface area contributed by atoms with Crippen LogP contribution < -0.4 is 10.5 Å². The highest BCUT2D eigenvalue weighted by Gasteiger charge is 2.25. The van der Waals surface area contributed by atoms with Crippen molar-refractivity contribution in [3.63, 3.8) is 0 Å². The minimum atomic E-state index is -3.81. The van der Waals surface area contributed by atoms with Gasteiger partial charge in [0.1, 0.15) is 5.82 Å². The Hall–Kier alpha value is -1.18. The average molecular weight is 290 g/mol. The van der Waals surface area contributed by atoms with E-state index in [0.29, 0.717) is 12.8 Å². The van der Waals surface area contributed by atoms with Crippen LogP contribution in [0.15, 0.2) is 23.1 Å². The number of nitrogens with two attached hydrogens (primary N) is 1. The molecular formula is C12H19FN2O3S. The Morgan fingerprint density at radius 2 is 1.95 bits per heavy atom. The average Bonchev–Trinajstić information content (AvgIpc) is 2.39. The molecule has 0 saturated heterocycles. The van der Waals surface area contributed by atoms with E-state index in [2.05, 4.69) is 4.72 Å². The zero-order valence-corrected chi connectivity index (χ0v) is 11.8. The predicted molar refractivity (Wildman–Crippen MR) is 71.5 cm³/mol. The number of nitrogens with one attached hydrogen (secondary N) is 1. The minimum Gasteiger partial charge on any atom is -0.396 e. The van der Waals surface area contributed by atoms with Gasteiger partial charge in [-0.05, 0) is 31.0 Å². The normalized spacial score (nSPS) is 12.6. The highest BCUT2D eigenvalue weighted by atomic mass is 32.2. The van der Waals surface area contributed by atoms with Crippen LogP contribution in [0.1, 0.15) is 26.7 Å². The Morgan fingerprint density at radius 1 is 1.37 bits per heavy atom. The molecule has 0 aliphatic heterocycles. The summed E-state index contributed by atoms with van der Waals surface area (Å²) in [6, 6.07) is 3.18. The maximum absolute atomic E-state index is 13.0. The summed E-state index contributed by atoms with van der Waals surface area (Å²) in [5, 5.41) is 10.0. The van der Waals surface area contributed by atoms with Crippen LogP contribution in [0.2, 0.25) is 0 Å². The van der Waals surface area contributed by atoms with E-state index in [4.69, 9.17) is 5.73 Å². The van der Waals surface area contributed by atoms with Crippen molar-refractivity contribution in [2.24, 2.45) is 0 Å². The third-order valence-corrected chi connectivity index (χ3v) is 4.58. The third-order valence-electron chi connectivity index (χ3n) is 3.19. The maximum Gasteiger partial charge on any atom is 0.240 e. The second-order valence-corrected chi connectivity index (χ2v) is 6.21. The summed E-state index contributed by atoms with van der Waals surface area (Å²) in [5.41, 5.74) is 4.02. The Kier molecular flexibility index (Phi) is 4.89. The van der Waals surface area contributed by atoms with Crippen molar-refractivity contribution in [3.8, 4) is 0 Å². The van der Waals surface area contributed by atoms with Gasteiger partial charge < -0.3 is 10.8 Å². The summed E-state index contributed by atoms with van der Waals surface area (Å²) in [6.45, 7) is 3.45. The van der Waals surface area contributed by atoms with Gasteiger partial charge in [-0.25, -0.2) is 17.5 Å². The van der Waals surface area contributed by atoms with Gasteiger partial charge >= 0.3 is 0 Å². The molecule has 108 valence electrons. The van der Waals surface area contributed by atoms with Gasteiger partial charge in [-0.1, -0.05) is 13.8 Å². The van der Waals surface area contributed by atoms with Crippen LogP contribution in [0.5, 0.6) is 0 Å². The van der Waals surface area contributed by atoms with Crippen LogP contribution >= 0.6 is 0 Å². The molecule has 0 fully saturated rings. The molecule has 0 spiro atoms. The number of rotatable bonds is 6. The molecule has 0 aromatic heterocycles. The van der Waals surface area contributed by atoms with Crippen molar-refractivity contribution in [1.29, 1.82) is 0 Å². The van der Waals surface area contributed by atoms with Crippen LogP contribution in [0.4, 0.5) is 10.1 Å². The largest absolute Gasteiger partial charge is 0.396 e. The van der Waals surface area contributed by atoms with Crippen molar-refractivity contribution in [1.82, 2.24) is 4.72 Å². The van der Waals surface area contributed by atoms with E-state index < -0.39 is 21.4 Å². The summed E-state index contributed by atoms with van der Waals surface area (Å²) >= 11 is 0. The fourth-order valence-electron chi connectivity index (χ4n) is 1.50. The topological polar surface area (TPSA) is 92.4 Å². The van der Waals surface area contributed by atoms with E-state index in [1.165, 1.54) is 0 Å². The fourth-order valence-corrected chi connectivity index (χ4v) is 2.66. The van der Waals surface area contributed by atoms with Gasteiger partial charge in [0, 0.05) is 6.54 Å². The van der Waals surface area contributed by atoms with E-state index >= 15 is 0 Å². The monoisotopic (exact) mass is 290 g/mol. The molecule has 1 aromatic rings. The van der Waals surface area contributed by atoms with Gasteiger partial charge in [0.05, 0.1) is 16.2 Å². The molecule has 0 amide bonds. The van der Waals surface area contributed by atoms with Crippen LogP contribution in [-0.4, -0.2) is 25.7 Å². The summed E-state index contributed by atoms with van der Waals surface area (Å²) in [6.07, 6.45) is 0.856. The number of nitrogen functional groups attached to an aromatic ring is 1. The zero-order chi connectivity index (χ0) is 14.7. The third kappa shape index (κ3) is 3.89. The molecule has 7 heteroatoms. The van der Waals surface area contributed by atoms with Gasteiger partial charge in [-0.3, -0.25) is 0 Å². The molecule has 0 bridgehead atoms. The Bertz CT molecular complexity index is 542. The second kappa shape index (κ2) is 5.85. The van der Waals surface area contributed by atoms with E-state index in [1.54, 1.807) is 13.8 Å². The van der Waals surface area contributed by atoms with E-state index in [0.717, 1.165) is 18.2 Å². The van der Waals surface area contributed by atoms with Crippen molar-refractivity contribution in [2.75, 3.05) is 12.3 Å². The van der Waals surface area contributed by atoms with E-state index in [-0.39, 0.29) is 17.1 Å². The van der Waals surface area contributed by atoms with Crippen molar-refractivity contribution < 1.29 is 17.9 Å². The smallest absolute Gasteiger partial charge is 0.240 e. The highest BCUT2D eigenvalue weighted by molar-refractivity contribution is 7.89. The number of benzene rings is 1. The van der Waals surface area contributed by atoms with Crippen molar-refractivity contribution >= 4 is 15.7 Å². The lowest BCUT2D eigenvalue weighted by molar-refractivity contribution is 0.0377. The SMILES string of the molecule is CCC(O)(CC)CNS(=O)(=O)c1ccc(F)c(N)c1. The van der Waals surface area contributed by atoms with E-state index in [1.807, 2.05) is 0 Å². The lowest BCUT2D eigenvalue weighted by atomic mass is 9.98. The first-order chi connectivity index (χ1) is 8.74. The second-order valence-electron chi connectivity index (χ2n) is 4.44. The highest BCUT2D eigenvalue weighted by Crippen LogP contribution is 2.18.